The predicted molar refractivity (Wildman–Crippen MR) is 90.3 cm³/mol. The maximum atomic E-state index is 9.23. The second-order valence-corrected chi connectivity index (χ2v) is 6.23. The second kappa shape index (κ2) is 5.14. The van der Waals surface area contributed by atoms with Crippen molar-refractivity contribution < 1.29 is 0 Å². The first-order valence-corrected chi connectivity index (χ1v) is 7.64. The van der Waals surface area contributed by atoms with Crippen LogP contribution < -0.4 is 0 Å². The van der Waals surface area contributed by atoms with Crippen molar-refractivity contribution in [1.82, 2.24) is 9.55 Å². The number of rotatable bonds is 1. The quantitative estimate of drug-likeness (QED) is 0.627. The number of para-hydroxylation sites is 1. The molecule has 0 radical (unpaired) electrons. The Hall–Kier alpha value is -1.90. The third kappa shape index (κ3) is 2.21. The van der Waals surface area contributed by atoms with Crippen LogP contribution in [0.2, 0.25) is 0 Å². The van der Waals surface area contributed by atoms with E-state index in [1.165, 1.54) is 5.56 Å². The third-order valence-electron chi connectivity index (χ3n) is 3.46. The Labute approximate surface area is 136 Å². The molecule has 21 heavy (non-hydrogen) atoms. The van der Waals surface area contributed by atoms with Gasteiger partial charge in [0.2, 0.25) is 0 Å². The van der Waals surface area contributed by atoms with Gasteiger partial charge < -0.3 is 4.98 Å². The number of imidazole rings is 1. The molecule has 0 bridgehead atoms. The second-order valence-electron chi connectivity index (χ2n) is 4.99. The van der Waals surface area contributed by atoms with Crippen molar-refractivity contribution in [2.24, 2.45) is 0 Å². The van der Waals surface area contributed by atoms with E-state index in [-0.39, 0.29) is 0 Å². The van der Waals surface area contributed by atoms with E-state index >= 15 is 0 Å². The summed E-state index contributed by atoms with van der Waals surface area (Å²) in [7, 11) is 0. The summed E-state index contributed by atoms with van der Waals surface area (Å²) in [6.07, 6.45) is 0. The van der Waals surface area contributed by atoms with Crippen LogP contribution in [0.4, 0.5) is 0 Å². The number of fused-ring (bicyclic) bond motifs is 1. The molecular formula is C16H12BrN3S. The van der Waals surface area contributed by atoms with Crippen LogP contribution in [-0.4, -0.2) is 9.55 Å². The number of benzene rings is 2. The van der Waals surface area contributed by atoms with Gasteiger partial charge in [-0.3, -0.25) is 4.57 Å². The van der Waals surface area contributed by atoms with Gasteiger partial charge in [-0.25, -0.2) is 0 Å². The Morgan fingerprint density at radius 2 is 2.05 bits per heavy atom. The molecule has 0 spiro atoms. The summed E-state index contributed by atoms with van der Waals surface area (Å²) in [4.78, 5) is 3.15. The molecular weight excluding hydrogens is 346 g/mol. The number of H-pyrrole nitrogens is 1. The lowest BCUT2D eigenvalue weighted by molar-refractivity contribution is 1.04. The van der Waals surface area contributed by atoms with E-state index in [0.29, 0.717) is 10.3 Å². The summed E-state index contributed by atoms with van der Waals surface area (Å²) in [6.45, 7) is 4.12. The highest BCUT2D eigenvalue weighted by Gasteiger charge is 2.14. The third-order valence-corrected chi connectivity index (χ3v) is 4.35. The van der Waals surface area contributed by atoms with Gasteiger partial charge in [-0.05, 0) is 71.3 Å². The van der Waals surface area contributed by atoms with Crippen molar-refractivity contribution in [1.29, 1.82) is 5.26 Å². The van der Waals surface area contributed by atoms with E-state index < -0.39 is 0 Å². The molecule has 0 aliphatic heterocycles. The Bertz CT molecular complexity index is 937. The normalized spacial score (nSPS) is 10.8. The number of aromatic amines is 1. The minimum atomic E-state index is 0.584. The fourth-order valence-corrected chi connectivity index (χ4v) is 3.78. The van der Waals surface area contributed by atoms with E-state index in [4.69, 9.17) is 12.2 Å². The van der Waals surface area contributed by atoms with Crippen LogP contribution in [0.1, 0.15) is 16.7 Å². The van der Waals surface area contributed by atoms with Gasteiger partial charge in [0.15, 0.2) is 4.77 Å². The Morgan fingerprint density at radius 3 is 2.71 bits per heavy atom. The number of nitrogens with one attached hydrogen (secondary N) is 1. The molecule has 0 fully saturated rings. The number of hydrogen-bond acceptors (Lipinski definition) is 2. The smallest absolute Gasteiger partial charge is 0.182 e. The minimum absolute atomic E-state index is 0.584. The molecule has 0 amide bonds. The van der Waals surface area contributed by atoms with E-state index in [1.807, 2.05) is 16.7 Å². The lowest BCUT2D eigenvalue weighted by Gasteiger charge is -2.12. The van der Waals surface area contributed by atoms with Crippen LogP contribution >= 0.6 is 28.1 Å². The molecule has 5 heteroatoms. The molecule has 0 aliphatic rings. The summed E-state index contributed by atoms with van der Waals surface area (Å²) in [5.41, 5.74) is 5.60. The fourth-order valence-electron chi connectivity index (χ4n) is 2.64. The van der Waals surface area contributed by atoms with Crippen LogP contribution in [0.25, 0.3) is 16.7 Å². The minimum Gasteiger partial charge on any atom is -0.329 e. The highest BCUT2D eigenvalue weighted by molar-refractivity contribution is 9.10. The summed E-state index contributed by atoms with van der Waals surface area (Å²) < 4.78 is 3.55. The predicted octanol–water partition coefficient (Wildman–Crippen LogP) is 4.94. The Morgan fingerprint density at radius 1 is 1.29 bits per heavy atom. The fraction of sp³-hybridized carbons (Fsp3) is 0.125. The maximum absolute atomic E-state index is 9.23. The van der Waals surface area contributed by atoms with Crippen molar-refractivity contribution in [2.45, 2.75) is 13.8 Å². The van der Waals surface area contributed by atoms with Gasteiger partial charge in [0.05, 0.1) is 22.3 Å². The number of nitrogens with zero attached hydrogens (tertiary/aromatic N) is 2. The topological polar surface area (TPSA) is 44.5 Å². The SMILES string of the molecule is Cc1cc(C)c(-n2c(=S)[nH]c3c(C#N)cccc32)c(Br)c1. The molecule has 2 aromatic carbocycles. The molecule has 3 nitrogen and oxygen atoms in total. The first-order chi connectivity index (χ1) is 10.0. The number of aryl methyl sites for hydroxylation is 2. The number of hydrogen-bond donors (Lipinski definition) is 1. The number of nitriles is 1. The van der Waals surface area contributed by atoms with Gasteiger partial charge in [-0.1, -0.05) is 12.1 Å². The highest BCUT2D eigenvalue weighted by Crippen LogP contribution is 2.30. The van der Waals surface area contributed by atoms with Crippen molar-refractivity contribution in [3.05, 3.63) is 56.3 Å². The maximum Gasteiger partial charge on any atom is 0.182 e. The van der Waals surface area contributed by atoms with Crippen LogP contribution in [-0.2, 0) is 0 Å². The first-order valence-electron chi connectivity index (χ1n) is 6.44. The summed E-state index contributed by atoms with van der Waals surface area (Å²) >= 11 is 9.10. The lowest BCUT2D eigenvalue weighted by atomic mass is 10.1. The van der Waals surface area contributed by atoms with Gasteiger partial charge in [0.25, 0.3) is 0 Å². The molecule has 1 N–H and O–H groups in total. The van der Waals surface area contributed by atoms with Crippen LogP contribution in [0.5, 0.6) is 0 Å². The molecule has 0 atom stereocenters. The summed E-state index contributed by atoms with van der Waals surface area (Å²) in [5.74, 6) is 0. The van der Waals surface area contributed by atoms with Gasteiger partial charge in [0, 0.05) is 4.47 Å². The zero-order chi connectivity index (χ0) is 15.1. The van der Waals surface area contributed by atoms with Gasteiger partial charge >= 0.3 is 0 Å². The zero-order valence-corrected chi connectivity index (χ0v) is 14.0. The molecule has 3 aromatic rings. The average Bonchev–Trinajstić information content (AvgIpc) is 2.74. The summed E-state index contributed by atoms with van der Waals surface area (Å²) in [5, 5.41) is 9.23. The van der Waals surface area contributed by atoms with Gasteiger partial charge in [0.1, 0.15) is 6.07 Å². The Kier molecular flexibility index (Phi) is 3.44. The largest absolute Gasteiger partial charge is 0.329 e. The van der Waals surface area contributed by atoms with Crippen molar-refractivity contribution in [3.63, 3.8) is 0 Å². The van der Waals surface area contributed by atoms with E-state index in [9.17, 15) is 5.26 Å². The molecule has 0 saturated carbocycles. The molecule has 0 saturated heterocycles. The van der Waals surface area contributed by atoms with Crippen LogP contribution in [0, 0.1) is 29.9 Å². The molecule has 1 heterocycles. The van der Waals surface area contributed by atoms with E-state index in [0.717, 1.165) is 26.8 Å². The van der Waals surface area contributed by atoms with Crippen LogP contribution in [0.3, 0.4) is 0 Å². The van der Waals surface area contributed by atoms with Gasteiger partial charge in [-0.15, -0.1) is 0 Å². The zero-order valence-electron chi connectivity index (χ0n) is 11.6. The van der Waals surface area contributed by atoms with Crippen LogP contribution in [0.15, 0.2) is 34.8 Å². The van der Waals surface area contributed by atoms with Crippen molar-refractivity contribution in [3.8, 4) is 11.8 Å². The Balaban J connectivity index is 2.45. The average molecular weight is 358 g/mol. The van der Waals surface area contributed by atoms with E-state index in [2.05, 4.69) is 53.0 Å². The molecule has 3 rings (SSSR count). The van der Waals surface area contributed by atoms with Gasteiger partial charge in [-0.2, -0.15) is 5.26 Å². The van der Waals surface area contributed by atoms with E-state index in [1.54, 1.807) is 6.07 Å². The molecule has 0 unspecified atom stereocenters. The lowest BCUT2D eigenvalue weighted by Crippen LogP contribution is -1.99. The standard InChI is InChI=1S/C16H12BrN3S/c1-9-6-10(2)15(12(17)7-9)20-13-5-3-4-11(8-18)14(13)19-16(20)21/h3-7H,1-2H3,(H,19,21). The molecule has 104 valence electrons. The highest BCUT2D eigenvalue weighted by atomic mass is 79.9. The first kappa shape index (κ1) is 14.1. The molecule has 1 aromatic heterocycles. The molecule has 0 aliphatic carbocycles. The van der Waals surface area contributed by atoms with Crippen molar-refractivity contribution in [2.75, 3.05) is 0 Å². The number of halogens is 1. The monoisotopic (exact) mass is 357 g/mol. The number of aromatic nitrogens is 2. The summed E-state index contributed by atoms with van der Waals surface area (Å²) in [6, 6.07) is 12.0. The van der Waals surface area contributed by atoms with Crippen molar-refractivity contribution >= 4 is 39.2 Å².